The summed E-state index contributed by atoms with van der Waals surface area (Å²) in [4.78, 5) is 8.56. The predicted octanol–water partition coefficient (Wildman–Crippen LogP) is 3.18. The number of halogens is 1. The van der Waals surface area contributed by atoms with Crippen molar-refractivity contribution in [1.82, 2.24) is 0 Å². The first-order valence-electron chi connectivity index (χ1n) is 4.14. The Bertz CT molecular complexity index is 119. The molecule has 0 bridgehead atoms. The predicted molar refractivity (Wildman–Crippen MR) is 51.0 cm³/mol. The van der Waals surface area contributed by atoms with Gasteiger partial charge in [-0.25, -0.2) is 4.79 Å². The zero-order valence-electron chi connectivity index (χ0n) is 7.00. The fourth-order valence-corrected chi connectivity index (χ4v) is 1.33. The Morgan fingerprint density at radius 1 is 1.33 bits per heavy atom. The summed E-state index contributed by atoms with van der Waals surface area (Å²) in [5.41, 5.74) is 0. The van der Waals surface area contributed by atoms with Crippen LogP contribution < -0.4 is 0 Å². The highest BCUT2D eigenvalue weighted by Gasteiger charge is 2.19. The number of carboxylic acid groups (broad SMARTS) is 2. The third-order valence-corrected chi connectivity index (χ3v) is 2.25. The molecule has 0 radical (unpaired) electrons. The van der Waals surface area contributed by atoms with Gasteiger partial charge in [0, 0.05) is 5.33 Å². The molecule has 0 unspecified atom stereocenters. The summed E-state index contributed by atoms with van der Waals surface area (Å²) >= 11 is 3.42. The minimum Gasteiger partial charge on any atom is -0.450 e. The van der Waals surface area contributed by atoms with Gasteiger partial charge in [0.2, 0.25) is 0 Å². The van der Waals surface area contributed by atoms with Crippen molar-refractivity contribution >= 4 is 22.1 Å². The van der Waals surface area contributed by atoms with Crippen molar-refractivity contribution in [1.29, 1.82) is 0 Å². The molecule has 0 atom stereocenters. The van der Waals surface area contributed by atoms with Gasteiger partial charge >= 0.3 is 6.16 Å². The fourth-order valence-electron chi connectivity index (χ4n) is 0.934. The highest BCUT2D eigenvalue weighted by atomic mass is 79.9. The number of hydrogen-bond acceptors (Lipinski definition) is 1. The van der Waals surface area contributed by atoms with E-state index in [1.165, 1.54) is 37.4 Å². The zero-order valence-corrected chi connectivity index (χ0v) is 8.59. The largest absolute Gasteiger partial charge is 0.503 e. The second kappa shape index (κ2) is 7.40. The lowest BCUT2D eigenvalue weighted by molar-refractivity contribution is 0.137. The van der Waals surface area contributed by atoms with Crippen LogP contribution in [0.5, 0.6) is 0 Å². The van der Waals surface area contributed by atoms with Gasteiger partial charge in [0.25, 0.3) is 0 Å². The average molecular weight is 239 g/mol. The van der Waals surface area contributed by atoms with Gasteiger partial charge in [0.1, 0.15) is 0 Å². The summed E-state index contributed by atoms with van der Waals surface area (Å²) in [6, 6.07) is 0. The van der Waals surface area contributed by atoms with Crippen LogP contribution in [0.25, 0.3) is 0 Å². The number of rotatable bonds is 4. The first-order valence-corrected chi connectivity index (χ1v) is 5.26. The van der Waals surface area contributed by atoms with Crippen molar-refractivity contribution in [3.63, 3.8) is 0 Å². The lowest BCUT2D eigenvalue weighted by Gasteiger charge is -1.91. The second-order valence-electron chi connectivity index (χ2n) is 2.91. The Labute approximate surface area is 80.9 Å². The highest BCUT2D eigenvalue weighted by Crippen LogP contribution is 2.33. The van der Waals surface area contributed by atoms with E-state index in [0.717, 1.165) is 5.92 Å². The Balaban J connectivity index is 0.000000261. The molecule has 0 aromatic carbocycles. The molecule has 0 saturated heterocycles. The Morgan fingerprint density at radius 2 is 1.83 bits per heavy atom. The van der Waals surface area contributed by atoms with Crippen LogP contribution in [0.4, 0.5) is 4.79 Å². The lowest BCUT2D eigenvalue weighted by atomic mass is 10.2. The number of carbonyl (C=O) groups is 1. The van der Waals surface area contributed by atoms with E-state index in [-0.39, 0.29) is 0 Å². The number of hydrogen-bond donors (Lipinski definition) is 2. The first-order chi connectivity index (χ1) is 5.66. The summed E-state index contributed by atoms with van der Waals surface area (Å²) < 4.78 is 0. The molecule has 1 rings (SSSR count). The number of alkyl halides is 1. The van der Waals surface area contributed by atoms with E-state index in [2.05, 4.69) is 15.9 Å². The van der Waals surface area contributed by atoms with Crippen LogP contribution in [0.2, 0.25) is 0 Å². The molecule has 1 saturated carbocycles. The molecule has 0 amide bonds. The van der Waals surface area contributed by atoms with E-state index in [0.29, 0.717) is 0 Å². The molecule has 12 heavy (non-hydrogen) atoms. The molecule has 0 aromatic heterocycles. The van der Waals surface area contributed by atoms with Gasteiger partial charge in [-0.3, -0.25) is 0 Å². The molecule has 72 valence electrons. The van der Waals surface area contributed by atoms with Gasteiger partial charge in [-0.2, -0.15) is 0 Å². The van der Waals surface area contributed by atoms with Gasteiger partial charge in [0.05, 0.1) is 0 Å². The molecule has 0 aliphatic heterocycles. The fraction of sp³-hybridized carbons (Fsp3) is 0.875. The molecule has 0 aromatic rings. The second-order valence-corrected chi connectivity index (χ2v) is 3.70. The summed E-state index contributed by atoms with van der Waals surface area (Å²) in [5, 5.41) is 15.1. The molecule has 0 heterocycles. The van der Waals surface area contributed by atoms with Crippen LogP contribution in [0.15, 0.2) is 0 Å². The van der Waals surface area contributed by atoms with Crippen LogP contribution in [-0.2, 0) is 0 Å². The van der Waals surface area contributed by atoms with E-state index >= 15 is 0 Å². The number of unbranched alkanes of at least 4 members (excludes halogenated alkanes) is 1. The van der Waals surface area contributed by atoms with E-state index < -0.39 is 6.16 Å². The van der Waals surface area contributed by atoms with E-state index in [1.807, 2.05) is 0 Å². The third kappa shape index (κ3) is 12.4. The topological polar surface area (TPSA) is 57.5 Å². The van der Waals surface area contributed by atoms with E-state index in [4.69, 9.17) is 15.0 Å². The Morgan fingerprint density at radius 3 is 2.17 bits per heavy atom. The van der Waals surface area contributed by atoms with Crippen molar-refractivity contribution in [3.05, 3.63) is 0 Å². The Hall–Kier alpha value is -0.250. The maximum absolute atomic E-state index is 8.56. The quantitative estimate of drug-likeness (QED) is 0.585. The molecule has 1 aliphatic carbocycles. The van der Waals surface area contributed by atoms with Crippen molar-refractivity contribution in [2.75, 3.05) is 5.33 Å². The average Bonchev–Trinajstić information content (AvgIpc) is 2.70. The third-order valence-electron chi connectivity index (χ3n) is 1.69. The van der Waals surface area contributed by atoms with Crippen LogP contribution in [0, 0.1) is 5.92 Å². The minimum absolute atomic E-state index is 1.13. The SMILES string of the molecule is BrCCCCC1CC1.O=C(O)O. The van der Waals surface area contributed by atoms with Gasteiger partial charge in [-0.15, -0.1) is 0 Å². The van der Waals surface area contributed by atoms with Crippen molar-refractivity contribution < 1.29 is 15.0 Å². The summed E-state index contributed by atoms with van der Waals surface area (Å²) in [5.74, 6) is 1.13. The van der Waals surface area contributed by atoms with Crippen molar-refractivity contribution in [2.24, 2.45) is 5.92 Å². The maximum Gasteiger partial charge on any atom is 0.503 e. The van der Waals surface area contributed by atoms with Gasteiger partial charge in [-0.1, -0.05) is 41.6 Å². The van der Waals surface area contributed by atoms with Crippen LogP contribution in [0.3, 0.4) is 0 Å². The van der Waals surface area contributed by atoms with E-state index in [9.17, 15) is 0 Å². The standard InChI is InChI=1S/C7H13Br.CH2O3/c8-6-2-1-3-7-4-5-7;2-1(3)4/h7H,1-6H2;(H2,2,3,4). The molecule has 4 heteroatoms. The van der Waals surface area contributed by atoms with E-state index in [1.54, 1.807) is 0 Å². The molecule has 3 nitrogen and oxygen atoms in total. The summed E-state index contributed by atoms with van der Waals surface area (Å²) in [6.07, 6.45) is 5.50. The van der Waals surface area contributed by atoms with Crippen LogP contribution in [-0.4, -0.2) is 21.7 Å². The maximum atomic E-state index is 8.56. The Kier molecular flexibility index (Phi) is 7.25. The molecular formula is C8H15BrO3. The zero-order chi connectivity index (χ0) is 9.40. The molecule has 0 spiro atoms. The van der Waals surface area contributed by atoms with Gasteiger partial charge < -0.3 is 10.2 Å². The molecule has 2 N–H and O–H groups in total. The highest BCUT2D eigenvalue weighted by molar-refractivity contribution is 9.09. The minimum atomic E-state index is -1.83. The monoisotopic (exact) mass is 238 g/mol. The van der Waals surface area contributed by atoms with Crippen molar-refractivity contribution in [3.8, 4) is 0 Å². The van der Waals surface area contributed by atoms with Gasteiger partial charge in [-0.05, 0) is 12.3 Å². The summed E-state index contributed by atoms with van der Waals surface area (Å²) in [7, 11) is 0. The molecule has 1 aliphatic rings. The van der Waals surface area contributed by atoms with Crippen LogP contribution >= 0.6 is 15.9 Å². The van der Waals surface area contributed by atoms with Crippen LogP contribution in [0.1, 0.15) is 32.1 Å². The van der Waals surface area contributed by atoms with Crippen molar-refractivity contribution in [2.45, 2.75) is 32.1 Å². The van der Waals surface area contributed by atoms with Gasteiger partial charge in [0.15, 0.2) is 0 Å². The first kappa shape index (κ1) is 11.8. The summed E-state index contributed by atoms with van der Waals surface area (Å²) in [6.45, 7) is 0. The molecule has 1 fully saturated rings. The molecular weight excluding hydrogens is 224 g/mol. The smallest absolute Gasteiger partial charge is 0.450 e. The normalized spacial score (nSPS) is 14.8. The lowest BCUT2D eigenvalue weighted by Crippen LogP contribution is -1.81.